The fourth-order valence-corrected chi connectivity index (χ4v) is 2.46. The van der Waals surface area contributed by atoms with Gasteiger partial charge in [0.05, 0.1) is 17.7 Å². The Hall–Kier alpha value is -1.62. The van der Waals surface area contributed by atoms with Crippen LogP contribution < -0.4 is 4.90 Å². The minimum absolute atomic E-state index is 0.0234. The van der Waals surface area contributed by atoms with E-state index < -0.39 is 5.97 Å². The SMILES string of the molecule is CN(c1cc(C(=O)O)ccn1)C1CCCCC1O. The number of anilines is 1. The highest BCUT2D eigenvalue weighted by Gasteiger charge is 2.27. The van der Waals surface area contributed by atoms with Crippen molar-refractivity contribution in [3.63, 3.8) is 0 Å². The van der Waals surface area contributed by atoms with E-state index in [1.165, 1.54) is 12.3 Å². The van der Waals surface area contributed by atoms with Crippen molar-refractivity contribution in [3.8, 4) is 0 Å². The molecule has 1 saturated carbocycles. The summed E-state index contributed by atoms with van der Waals surface area (Å²) in [6, 6.07) is 3.04. The van der Waals surface area contributed by atoms with Gasteiger partial charge in [0.1, 0.15) is 5.82 Å². The van der Waals surface area contributed by atoms with Gasteiger partial charge in [-0.3, -0.25) is 0 Å². The lowest BCUT2D eigenvalue weighted by molar-refractivity contribution is 0.0697. The van der Waals surface area contributed by atoms with Gasteiger partial charge in [-0.25, -0.2) is 9.78 Å². The lowest BCUT2D eigenvalue weighted by atomic mass is 9.91. The standard InChI is InChI=1S/C13H18N2O3/c1-15(10-4-2-3-5-11(10)16)12-8-9(13(17)18)6-7-14-12/h6-8,10-11,16H,2-5H2,1H3,(H,17,18). The summed E-state index contributed by atoms with van der Waals surface area (Å²) in [6.07, 6.45) is 4.98. The Morgan fingerprint density at radius 3 is 2.83 bits per heavy atom. The Morgan fingerprint density at radius 2 is 2.17 bits per heavy atom. The molecule has 5 heteroatoms. The van der Waals surface area contributed by atoms with E-state index in [0.717, 1.165) is 25.7 Å². The first-order valence-corrected chi connectivity index (χ1v) is 6.20. The Morgan fingerprint density at radius 1 is 1.44 bits per heavy atom. The van der Waals surface area contributed by atoms with Crippen molar-refractivity contribution < 1.29 is 15.0 Å². The number of carboxylic acids is 1. The third-order valence-electron chi connectivity index (χ3n) is 3.55. The smallest absolute Gasteiger partial charge is 0.335 e. The van der Waals surface area contributed by atoms with Crippen LogP contribution in [0.25, 0.3) is 0 Å². The fraction of sp³-hybridized carbons (Fsp3) is 0.538. The average Bonchev–Trinajstić information content (AvgIpc) is 2.38. The maximum absolute atomic E-state index is 10.9. The lowest BCUT2D eigenvalue weighted by Crippen LogP contribution is -2.43. The molecule has 0 aliphatic heterocycles. The Kier molecular flexibility index (Phi) is 3.81. The Bertz CT molecular complexity index is 436. The van der Waals surface area contributed by atoms with Crippen molar-refractivity contribution in [1.82, 2.24) is 4.98 Å². The van der Waals surface area contributed by atoms with Crippen LogP contribution >= 0.6 is 0 Å². The molecule has 0 amide bonds. The predicted octanol–water partition coefficient (Wildman–Crippen LogP) is 1.52. The van der Waals surface area contributed by atoms with Crippen molar-refractivity contribution in [2.45, 2.75) is 37.8 Å². The molecule has 0 radical (unpaired) electrons. The number of aliphatic hydroxyl groups excluding tert-OH is 1. The van der Waals surface area contributed by atoms with Crippen molar-refractivity contribution in [2.24, 2.45) is 0 Å². The number of aromatic nitrogens is 1. The topological polar surface area (TPSA) is 73.7 Å². The summed E-state index contributed by atoms with van der Waals surface area (Å²) in [5.41, 5.74) is 0.220. The molecule has 0 bridgehead atoms. The highest BCUT2D eigenvalue weighted by atomic mass is 16.4. The van der Waals surface area contributed by atoms with Gasteiger partial charge in [-0.2, -0.15) is 0 Å². The van der Waals surface area contributed by atoms with Gasteiger partial charge in [0, 0.05) is 13.2 Å². The number of likely N-dealkylation sites (N-methyl/N-ethyl adjacent to an activating group) is 1. The number of carboxylic acid groups (broad SMARTS) is 1. The van der Waals surface area contributed by atoms with Crippen LogP contribution in [0, 0.1) is 0 Å². The van der Waals surface area contributed by atoms with Gasteiger partial charge in [-0.05, 0) is 25.0 Å². The van der Waals surface area contributed by atoms with Crippen LogP contribution in [-0.2, 0) is 0 Å². The Labute approximate surface area is 106 Å². The van der Waals surface area contributed by atoms with Gasteiger partial charge < -0.3 is 15.1 Å². The van der Waals surface area contributed by atoms with E-state index in [2.05, 4.69) is 4.98 Å². The zero-order valence-electron chi connectivity index (χ0n) is 10.4. The van der Waals surface area contributed by atoms with Gasteiger partial charge in [0.15, 0.2) is 0 Å². The Balaban J connectivity index is 2.19. The van der Waals surface area contributed by atoms with Gasteiger partial charge >= 0.3 is 5.97 Å². The van der Waals surface area contributed by atoms with E-state index >= 15 is 0 Å². The molecule has 1 aromatic heterocycles. The molecule has 1 fully saturated rings. The molecule has 2 rings (SSSR count). The first kappa shape index (κ1) is 12.8. The van der Waals surface area contributed by atoms with Gasteiger partial charge in [-0.1, -0.05) is 12.8 Å². The van der Waals surface area contributed by atoms with E-state index in [1.54, 1.807) is 6.07 Å². The summed E-state index contributed by atoms with van der Waals surface area (Å²) in [7, 11) is 1.85. The normalized spacial score (nSPS) is 23.7. The van der Waals surface area contributed by atoms with Crippen LogP contribution in [0.5, 0.6) is 0 Å². The summed E-state index contributed by atoms with van der Waals surface area (Å²) < 4.78 is 0. The van der Waals surface area contributed by atoms with Crippen molar-refractivity contribution in [3.05, 3.63) is 23.9 Å². The van der Waals surface area contributed by atoms with Crippen LogP contribution in [-0.4, -0.2) is 40.4 Å². The van der Waals surface area contributed by atoms with Crippen LogP contribution in [0.2, 0.25) is 0 Å². The second kappa shape index (κ2) is 5.35. The molecule has 2 N–H and O–H groups in total. The minimum atomic E-state index is -0.962. The van der Waals surface area contributed by atoms with E-state index in [1.807, 2.05) is 11.9 Å². The molecule has 1 heterocycles. The van der Waals surface area contributed by atoms with Gasteiger partial charge in [-0.15, -0.1) is 0 Å². The molecule has 1 aromatic rings. The molecular formula is C13H18N2O3. The molecule has 1 aliphatic rings. The summed E-state index contributed by atoms with van der Waals surface area (Å²) in [5.74, 6) is -0.364. The van der Waals surface area contributed by atoms with E-state index in [-0.39, 0.29) is 17.7 Å². The molecule has 0 aromatic carbocycles. The highest BCUT2D eigenvalue weighted by Crippen LogP contribution is 2.25. The third kappa shape index (κ3) is 2.61. The molecule has 0 saturated heterocycles. The summed E-state index contributed by atoms with van der Waals surface area (Å²) in [6.45, 7) is 0. The molecule has 2 unspecified atom stereocenters. The number of aromatic carboxylic acids is 1. The minimum Gasteiger partial charge on any atom is -0.478 e. The number of aliphatic hydroxyl groups is 1. The summed E-state index contributed by atoms with van der Waals surface area (Å²) in [5, 5.41) is 19.0. The van der Waals surface area contributed by atoms with Crippen LogP contribution in [0.4, 0.5) is 5.82 Å². The highest BCUT2D eigenvalue weighted by molar-refractivity contribution is 5.88. The van der Waals surface area contributed by atoms with Crippen molar-refractivity contribution >= 4 is 11.8 Å². The van der Waals surface area contributed by atoms with Crippen molar-refractivity contribution in [1.29, 1.82) is 0 Å². The first-order valence-electron chi connectivity index (χ1n) is 6.20. The maximum Gasteiger partial charge on any atom is 0.335 e. The largest absolute Gasteiger partial charge is 0.478 e. The van der Waals surface area contributed by atoms with Crippen LogP contribution in [0.3, 0.4) is 0 Å². The molecule has 98 valence electrons. The number of rotatable bonds is 3. The van der Waals surface area contributed by atoms with E-state index in [9.17, 15) is 9.90 Å². The number of hydrogen-bond acceptors (Lipinski definition) is 4. The number of pyridine rings is 1. The van der Waals surface area contributed by atoms with Crippen LogP contribution in [0.1, 0.15) is 36.0 Å². The average molecular weight is 250 g/mol. The number of hydrogen-bond donors (Lipinski definition) is 2. The molecular weight excluding hydrogens is 232 g/mol. The van der Waals surface area contributed by atoms with Gasteiger partial charge in [0.25, 0.3) is 0 Å². The van der Waals surface area contributed by atoms with Crippen molar-refractivity contribution in [2.75, 3.05) is 11.9 Å². The zero-order chi connectivity index (χ0) is 13.1. The lowest BCUT2D eigenvalue weighted by Gasteiger charge is -2.35. The van der Waals surface area contributed by atoms with E-state index in [0.29, 0.717) is 5.82 Å². The number of carbonyl (C=O) groups is 1. The van der Waals surface area contributed by atoms with Crippen LogP contribution in [0.15, 0.2) is 18.3 Å². The maximum atomic E-state index is 10.9. The molecule has 18 heavy (non-hydrogen) atoms. The zero-order valence-corrected chi connectivity index (χ0v) is 10.4. The molecule has 2 atom stereocenters. The summed E-state index contributed by atoms with van der Waals surface area (Å²) in [4.78, 5) is 17.0. The molecule has 0 spiro atoms. The quantitative estimate of drug-likeness (QED) is 0.850. The summed E-state index contributed by atoms with van der Waals surface area (Å²) >= 11 is 0. The second-order valence-electron chi connectivity index (χ2n) is 4.74. The number of nitrogens with zero attached hydrogens (tertiary/aromatic N) is 2. The van der Waals surface area contributed by atoms with Gasteiger partial charge in [0.2, 0.25) is 0 Å². The van der Waals surface area contributed by atoms with E-state index in [4.69, 9.17) is 5.11 Å². The molecule has 5 nitrogen and oxygen atoms in total. The third-order valence-corrected chi connectivity index (χ3v) is 3.55. The second-order valence-corrected chi connectivity index (χ2v) is 4.74. The fourth-order valence-electron chi connectivity index (χ4n) is 2.46. The predicted molar refractivity (Wildman–Crippen MR) is 67.9 cm³/mol. The molecule has 1 aliphatic carbocycles. The first-order chi connectivity index (χ1) is 8.59. The monoisotopic (exact) mass is 250 g/mol.